The van der Waals surface area contributed by atoms with E-state index in [0.29, 0.717) is 12.0 Å². The molecule has 1 fully saturated rings. The van der Waals surface area contributed by atoms with Gasteiger partial charge in [-0.15, -0.1) is 0 Å². The zero-order chi connectivity index (χ0) is 11.5. The van der Waals surface area contributed by atoms with E-state index in [4.69, 9.17) is 0 Å². The second-order valence-corrected chi connectivity index (χ2v) is 5.22. The van der Waals surface area contributed by atoms with E-state index in [-0.39, 0.29) is 0 Å². The van der Waals surface area contributed by atoms with Crippen LogP contribution in [0.1, 0.15) is 5.56 Å². The van der Waals surface area contributed by atoms with Crippen molar-refractivity contribution in [3.63, 3.8) is 0 Å². The predicted octanol–water partition coefficient (Wildman–Crippen LogP) is 2.46. The van der Waals surface area contributed by atoms with Crippen molar-refractivity contribution in [2.75, 3.05) is 18.6 Å². The fourth-order valence-electron chi connectivity index (χ4n) is 2.09. The van der Waals surface area contributed by atoms with Crippen LogP contribution in [0.25, 0.3) is 0 Å². The van der Waals surface area contributed by atoms with Gasteiger partial charge in [0.05, 0.1) is 0 Å². The molecule has 0 aliphatic carbocycles. The van der Waals surface area contributed by atoms with E-state index in [2.05, 4.69) is 5.32 Å². The minimum Gasteiger partial charge on any atom is -0.316 e. The summed E-state index contributed by atoms with van der Waals surface area (Å²) in [5.74, 6) is 1.19. The second kappa shape index (κ2) is 5.15. The largest absolute Gasteiger partial charge is 0.316 e. The molecule has 1 aromatic carbocycles. The maximum Gasteiger partial charge on any atom is 0.159 e. The fourth-order valence-corrected chi connectivity index (χ4v) is 3.57. The maximum atomic E-state index is 13.0. The molecule has 0 bridgehead atoms. The van der Waals surface area contributed by atoms with Crippen LogP contribution >= 0.6 is 11.8 Å². The lowest BCUT2D eigenvalue weighted by atomic mass is 9.95. The molecule has 0 spiro atoms. The van der Waals surface area contributed by atoms with Crippen LogP contribution in [0.3, 0.4) is 0 Å². The molecule has 1 heterocycles. The highest BCUT2D eigenvalue weighted by molar-refractivity contribution is 7.99. The van der Waals surface area contributed by atoms with Gasteiger partial charge in [0.2, 0.25) is 0 Å². The molecule has 0 saturated carbocycles. The Labute approximate surface area is 98.6 Å². The highest BCUT2D eigenvalue weighted by atomic mass is 32.2. The van der Waals surface area contributed by atoms with Gasteiger partial charge in [0.25, 0.3) is 0 Å². The molecule has 0 aromatic heterocycles. The Bertz CT molecular complexity index is 370. The first-order chi connectivity index (χ1) is 7.70. The summed E-state index contributed by atoms with van der Waals surface area (Å²) in [5.41, 5.74) is 0.881. The zero-order valence-corrected chi connectivity index (χ0v) is 9.99. The lowest BCUT2D eigenvalue weighted by Gasteiger charge is -2.17. The van der Waals surface area contributed by atoms with Gasteiger partial charge in [-0.05, 0) is 42.8 Å². The molecule has 2 atom stereocenters. The van der Waals surface area contributed by atoms with Crippen molar-refractivity contribution < 1.29 is 8.78 Å². The van der Waals surface area contributed by atoms with E-state index >= 15 is 0 Å². The zero-order valence-electron chi connectivity index (χ0n) is 9.17. The monoisotopic (exact) mass is 243 g/mol. The summed E-state index contributed by atoms with van der Waals surface area (Å²) in [6.45, 7) is 0. The number of rotatable bonds is 3. The van der Waals surface area contributed by atoms with Crippen LogP contribution in [0.4, 0.5) is 8.78 Å². The van der Waals surface area contributed by atoms with Gasteiger partial charge in [-0.3, -0.25) is 0 Å². The summed E-state index contributed by atoms with van der Waals surface area (Å²) in [6.07, 6.45) is 0.815. The van der Waals surface area contributed by atoms with Gasteiger partial charge in [-0.1, -0.05) is 6.07 Å². The van der Waals surface area contributed by atoms with Gasteiger partial charge in [0, 0.05) is 11.8 Å². The van der Waals surface area contributed by atoms with Crippen LogP contribution < -0.4 is 5.32 Å². The predicted molar refractivity (Wildman–Crippen MR) is 63.7 cm³/mol. The lowest BCUT2D eigenvalue weighted by molar-refractivity contribution is 0.450. The third kappa shape index (κ3) is 2.55. The fraction of sp³-hybridized carbons (Fsp3) is 0.500. The van der Waals surface area contributed by atoms with Crippen LogP contribution in [-0.4, -0.2) is 24.6 Å². The highest BCUT2D eigenvalue weighted by Crippen LogP contribution is 2.27. The highest BCUT2D eigenvalue weighted by Gasteiger charge is 2.26. The van der Waals surface area contributed by atoms with Crippen LogP contribution in [0.2, 0.25) is 0 Å². The van der Waals surface area contributed by atoms with Crippen LogP contribution in [0.5, 0.6) is 0 Å². The normalized spacial score (nSPS) is 24.9. The molecule has 1 aromatic rings. The van der Waals surface area contributed by atoms with E-state index in [1.165, 1.54) is 12.1 Å². The number of hydrogen-bond donors (Lipinski definition) is 1. The van der Waals surface area contributed by atoms with E-state index in [1.54, 1.807) is 6.07 Å². The minimum absolute atomic E-state index is 0.484. The van der Waals surface area contributed by atoms with E-state index < -0.39 is 11.6 Å². The molecule has 2 unspecified atom stereocenters. The van der Waals surface area contributed by atoms with Crippen molar-refractivity contribution >= 4 is 11.8 Å². The molecule has 1 saturated heterocycles. The van der Waals surface area contributed by atoms with Gasteiger partial charge in [0.1, 0.15) is 0 Å². The smallest absolute Gasteiger partial charge is 0.159 e. The Morgan fingerprint density at radius 1 is 1.31 bits per heavy atom. The summed E-state index contributed by atoms with van der Waals surface area (Å²) in [5, 5.41) is 3.27. The SMILES string of the molecule is CNC1CSCC1Cc1ccc(F)c(F)c1. The number of nitrogens with one attached hydrogen (secondary N) is 1. The molecular weight excluding hydrogens is 228 g/mol. The van der Waals surface area contributed by atoms with Crippen molar-refractivity contribution in [1.82, 2.24) is 5.32 Å². The van der Waals surface area contributed by atoms with Gasteiger partial charge in [0.15, 0.2) is 11.6 Å². The van der Waals surface area contributed by atoms with E-state index in [9.17, 15) is 8.78 Å². The third-order valence-corrected chi connectivity index (χ3v) is 4.31. The van der Waals surface area contributed by atoms with Crippen LogP contribution in [-0.2, 0) is 6.42 Å². The van der Waals surface area contributed by atoms with Crippen molar-refractivity contribution in [2.24, 2.45) is 5.92 Å². The Kier molecular flexibility index (Phi) is 3.82. The number of halogens is 2. The Morgan fingerprint density at radius 2 is 2.12 bits per heavy atom. The van der Waals surface area contributed by atoms with Gasteiger partial charge < -0.3 is 5.32 Å². The number of benzene rings is 1. The molecule has 0 amide bonds. The third-order valence-electron chi connectivity index (χ3n) is 3.05. The van der Waals surface area contributed by atoms with E-state index in [0.717, 1.165) is 23.5 Å². The van der Waals surface area contributed by atoms with Crippen molar-refractivity contribution in [2.45, 2.75) is 12.5 Å². The van der Waals surface area contributed by atoms with Gasteiger partial charge >= 0.3 is 0 Å². The second-order valence-electron chi connectivity index (χ2n) is 4.15. The maximum absolute atomic E-state index is 13.0. The topological polar surface area (TPSA) is 12.0 Å². The molecule has 16 heavy (non-hydrogen) atoms. The average molecular weight is 243 g/mol. The summed E-state index contributed by atoms with van der Waals surface area (Å²) >= 11 is 1.91. The quantitative estimate of drug-likeness (QED) is 0.875. The Hall–Kier alpha value is -0.610. The molecule has 0 radical (unpaired) electrons. The number of hydrogen-bond acceptors (Lipinski definition) is 2. The summed E-state index contributed by atoms with van der Waals surface area (Å²) in [7, 11) is 1.95. The van der Waals surface area contributed by atoms with Crippen molar-refractivity contribution in [3.05, 3.63) is 35.4 Å². The van der Waals surface area contributed by atoms with Crippen molar-refractivity contribution in [3.8, 4) is 0 Å². The molecule has 1 aliphatic heterocycles. The summed E-state index contributed by atoms with van der Waals surface area (Å²) in [4.78, 5) is 0. The first-order valence-electron chi connectivity index (χ1n) is 5.39. The van der Waals surface area contributed by atoms with Crippen molar-refractivity contribution in [1.29, 1.82) is 0 Å². The lowest BCUT2D eigenvalue weighted by Crippen LogP contribution is -2.33. The molecular formula is C12H15F2NS. The first kappa shape index (κ1) is 11.9. The molecule has 1 nitrogen and oxygen atoms in total. The molecule has 4 heteroatoms. The van der Waals surface area contributed by atoms with E-state index in [1.807, 2.05) is 18.8 Å². The minimum atomic E-state index is -0.769. The van der Waals surface area contributed by atoms with Crippen LogP contribution in [0.15, 0.2) is 18.2 Å². The molecule has 88 valence electrons. The number of thioether (sulfide) groups is 1. The first-order valence-corrected chi connectivity index (χ1v) is 6.55. The average Bonchev–Trinajstić information content (AvgIpc) is 2.71. The van der Waals surface area contributed by atoms with Gasteiger partial charge in [-0.2, -0.15) is 11.8 Å². The Balaban J connectivity index is 2.05. The molecule has 1 N–H and O–H groups in total. The Morgan fingerprint density at radius 3 is 2.81 bits per heavy atom. The summed E-state index contributed by atoms with van der Waals surface area (Å²) < 4.78 is 25.8. The van der Waals surface area contributed by atoms with Crippen LogP contribution in [0, 0.1) is 17.6 Å². The molecule has 2 rings (SSSR count). The molecule has 1 aliphatic rings. The standard InChI is InChI=1S/C12H15F2NS/c1-15-12-7-16-6-9(12)4-8-2-3-10(13)11(14)5-8/h2-3,5,9,12,15H,4,6-7H2,1H3. The van der Waals surface area contributed by atoms with Gasteiger partial charge in [-0.25, -0.2) is 8.78 Å². The summed E-state index contributed by atoms with van der Waals surface area (Å²) in [6, 6.07) is 4.68.